The highest BCUT2D eigenvalue weighted by molar-refractivity contribution is 7.91. The standard InChI is InChI=1S/C17H29N3O3S2.ClH/c1-12-13(2)20(11-10-18-12)25(22,23)15-7-6-14(24-15)8-9-19-16(21)17(3,4)5;/h6-7,12-13,18H,8-11H2,1-5H3,(H,19,21);1H. The van der Waals surface area contributed by atoms with Crippen LogP contribution in [-0.2, 0) is 21.2 Å². The van der Waals surface area contributed by atoms with Crippen LogP contribution < -0.4 is 10.6 Å². The third-order valence-electron chi connectivity index (χ3n) is 4.51. The van der Waals surface area contributed by atoms with Crippen LogP contribution in [0.2, 0.25) is 0 Å². The van der Waals surface area contributed by atoms with Gasteiger partial charge in [-0.05, 0) is 32.4 Å². The fraction of sp³-hybridized carbons (Fsp3) is 0.706. The van der Waals surface area contributed by atoms with Gasteiger partial charge in [0.25, 0.3) is 10.0 Å². The second kappa shape index (κ2) is 9.01. The fourth-order valence-electron chi connectivity index (χ4n) is 2.68. The summed E-state index contributed by atoms with van der Waals surface area (Å²) in [4.78, 5) is 12.8. The van der Waals surface area contributed by atoms with E-state index in [9.17, 15) is 13.2 Å². The summed E-state index contributed by atoms with van der Waals surface area (Å²) in [6.45, 7) is 11.2. The number of hydrogen-bond acceptors (Lipinski definition) is 5. The first-order valence-electron chi connectivity index (χ1n) is 8.65. The molecule has 150 valence electrons. The molecule has 1 aliphatic heterocycles. The van der Waals surface area contributed by atoms with Gasteiger partial charge in [0.2, 0.25) is 5.91 Å². The molecule has 0 saturated carbocycles. The molecule has 2 heterocycles. The average molecular weight is 424 g/mol. The summed E-state index contributed by atoms with van der Waals surface area (Å²) < 4.78 is 27.8. The molecule has 0 aliphatic carbocycles. The van der Waals surface area contributed by atoms with E-state index in [-0.39, 0.29) is 30.4 Å². The summed E-state index contributed by atoms with van der Waals surface area (Å²) in [5.41, 5.74) is -0.418. The number of nitrogens with zero attached hydrogens (tertiary/aromatic N) is 1. The SMILES string of the molecule is CC1NCCN(S(=O)(=O)c2ccc(CCNC(=O)C(C)(C)C)s2)C1C.Cl. The lowest BCUT2D eigenvalue weighted by molar-refractivity contribution is -0.128. The van der Waals surface area contributed by atoms with E-state index < -0.39 is 15.4 Å². The molecule has 9 heteroatoms. The van der Waals surface area contributed by atoms with Gasteiger partial charge >= 0.3 is 0 Å². The molecule has 2 N–H and O–H groups in total. The maximum absolute atomic E-state index is 12.9. The van der Waals surface area contributed by atoms with Gasteiger partial charge < -0.3 is 10.6 Å². The summed E-state index contributed by atoms with van der Waals surface area (Å²) in [6.07, 6.45) is 0.634. The van der Waals surface area contributed by atoms with Gasteiger partial charge in [-0.1, -0.05) is 20.8 Å². The molecule has 0 aromatic carbocycles. The van der Waals surface area contributed by atoms with Crippen molar-refractivity contribution in [1.29, 1.82) is 0 Å². The number of sulfonamides is 1. The van der Waals surface area contributed by atoms with E-state index in [2.05, 4.69) is 10.6 Å². The van der Waals surface area contributed by atoms with Gasteiger partial charge in [-0.2, -0.15) is 4.31 Å². The van der Waals surface area contributed by atoms with Crippen molar-refractivity contribution in [1.82, 2.24) is 14.9 Å². The van der Waals surface area contributed by atoms with E-state index in [0.29, 0.717) is 30.3 Å². The quantitative estimate of drug-likeness (QED) is 0.761. The maximum atomic E-state index is 12.9. The lowest BCUT2D eigenvalue weighted by Gasteiger charge is -2.37. The Kier molecular flexibility index (Phi) is 8.10. The number of amides is 1. The third-order valence-corrected chi connectivity index (χ3v) is 8.11. The Bertz CT molecular complexity index is 713. The van der Waals surface area contributed by atoms with Gasteiger partial charge in [-0.25, -0.2) is 8.42 Å². The summed E-state index contributed by atoms with van der Waals surface area (Å²) in [5, 5.41) is 6.19. The van der Waals surface area contributed by atoms with Crippen LogP contribution >= 0.6 is 23.7 Å². The zero-order valence-corrected chi connectivity index (χ0v) is 18.5. The lowest BCUT2D eigenvalue weighted by atomic mass is 9.96. The van der Waals surface area contributed by atoms with E-state index in [1.807, 2.05) is 40.7 Å². The highest BCUT2D eigenvalue weighted by atomic mass is 35.5. The first-order chi connectivity index (χ1) is 11.5. The Balaban J connectivity index is 0.00000338. The van der Waals surface area contributed by atoms with E-state index in [4.69, 9.17) is 0 Å². The monoisotopic (exact) mass is 423 g/mol. The minimum absolute atomic E-state index is 0. The number of thiophene rings is 1. The molecule has 0 bridgehead atoms. The minimum atomic E-state index is -3.46. The van der Waals surface area contributed by atoms with Crippen molar-refractivity contribution < 1.29 is 13.2 Å². The summed E-state index contributed by atoms with van der Waals surface area (Å²) in [6, 6.07) is 3.59. The number of nitrogens with one attached hydrogen (secondary N) is 2. The Morgan fingerprint density at radius 2 is 2.00 bits per heavy atom. The Morgan fingerprint density at radius 1 is 1.35 bits per heavy atom. The topological polar surface area (TPSA) is 78.5 Å². The molecule has 0 radical (unpaired) electrons. The highest BCUT2D eigenvalue weighted by Crippen LogP contribution is 2.28. The van der Waals surface area contributed by atoms with Crippen molar-refractivity contribution in [2.45, 2.75) is 57.3 Å². The molecular weight excluding hydrogens is 394 g/mol. The normalized spacial score (nSPS) is 21.9. The van der Waals surface area contributed by atoms with Crippen molar-refractivity contribution in [2.75, 3.05) is 19.6 Å². The van der Waals surface area contributed by atoms with Crippen molar-refractivity contribution in [3.8, 4) is 0 Å². The van der Waals surface area contributed by atoms with Crippen LogP contribution in [0.4, 0.5) is 0 Å². The van der Waals surface area contributed by atoms with Crippen LogP contribution in [0.15, 0.2) is 16.3 Å². The molecule has 2 rings (SSSR count). The number of halogens is 1. The van der Waals surface area contributed by atoms with Gasteiger partial charge in [0.1, 0.15) is 4.21 Å². The first kappa shape index (κ1) is 23.4. The van der Waals surface area contributed by atoms with Crippen LogP contribution in [0.1, 0.15) is 39.5 Å². The zero-order valence-electron chi connectivity index (χ0n) is 16.0. The van der Waals surface area contributed by atoms with Gasteiger partial charge in [-0.3, -0.25) is 4.79 Å². The smallest absolute Gasteiger partial charge is 0.252 e. The molecule has 2 unspecified atom stereocenters. The van der Waals surface area contributed by atoms with Crippen LogP contribution in [0.5, 0.6) is 0 Å². The first-order valence-corrected chi connectivity index (χ1v) is 10.9. The predicted molar refractivity (Wildman–Crippen MR) is 109 cm³/mol. The van der Waals surface area contributed by atoms with E-state index in [1.165, 1.54) is 11.3 Å². The molecule has 1 saturated heterocycles. The van der Waals surface area contributed by atoms with Crippen LogP contribution in [0.3, 0.4) is 0 Å². The second-order valence-electron chi connectivity index (χ2n) is 7.58. The lowest BCUT2D eigenvalue weighted by Crippen LogP contribution is -2.56. The van der Waals surface area contributed by atoms with Crippen LogP contribution in [0.25, 0.3) is 0 Å². The molecule has 1 aromatic rings. The largest absolute Gasteiger partial charge is 0.355 e. The molecule has 1 aliphatic rings. The average Bonchev–Trinajstić information content (AvgIpc) is 2.98. The van der Waals surface area contributed by atoms with Gasteiger partial charge in [0.05, 0.1) is 0 Å². The van der Waals surface area contributed by atoms with Gasteiger partial charge in [0, 0.05) is 42.0 Å². The Hall–Kier alpha value is -0.670. The molecule has 2 atom stereocenters. The molecule has 0 spiro atoms. The summed E-state index contributed by atoms with van der Waals surface area (Å²) in [7, 11) is -3.46. The van der Waals surface area contributed by atoms with Crippen molar-refractivity contribution in [3.05, 3.63) is 17.0 Å². The number of carbonyl (C=O) groups is 1. The van der Waals surface area contributed by atoms with Gasteiger partial charge in [0.15, 0.2) is 0 Å². The number of carbonyl (C=O) groups excluding carboxylic acids is 1. The fourth-order valence-corrected chi connectivity index (χ4v) is 5.86. The number of piperazine rings is 1. The Morgan fingerprint density at radius 3 is 2.62 bits per heavy atom. The molecule has 1 fully saturated rings. The van der Waals surface area contributed by atoms with Crippen LogP contribution in [-0.4, -0.2) is 50.3 Å². The van der Waals surface area contributed by atoms with E-state index in [1.54, 1.807) is 10.4 Å². The predicted octanol–water partition coefficient (Wildman–Crippen LogP) is 2.25. The van der Waals surface area contributed by atoms with Crippen LogP contribution in [0, 0.1) is 5.41 Å². The van der Waals surface area contributed by atoms with E-state index in [0.717, 1.165) is 4.88 Å². The molecular formula is C17H30ClN3O3S2. The molecule has 1 amide bonds. The number of hydrogen-bond donors (Lipinski definition) is 2. The minimum Gasteiger partial charge on any atom is -0.355 e. The zero-order chi connectivity index (χ0) is 18.8. The summed E-state index contributed by atoms with van der Waals surface area (Å²) in [5.74, 6) is 0.000491. The van der Waals surface area contributed by atoms with Crippen molar-refractivity contribution in [2.24, 2.45) is 5.41 Å². The van der Waals surface area contributed by atoms with E-state index >= 15 is 0 Å². The summed E-state index contributed by atoms with van der Waals surface area (Å²) >= 11 is 1.29. The van der Waals surface area contributed by atoms with Crippen molar-refractivity contribution in [3.63, 3.8) is 0 Å². The molecule has 1 aromatic heterocycles. The molecule has 26 heavy (non-hydrogen) atoms. The van der Waals surface area contributed by atoms with Gasteiger partial charge in [-0.15, -0.1) is 23.7 Å². The second-order valence-corrected chi connectivity index (χ2v) is 10.9. The highest BCUT2D eigenvalue weighted by Gasteiger charge is 2.35. The Labute approximate surface area is 167 Å². The molecule has 6 nitrogen and oxygen atoms in total. The maximum Gasteiger partial charge on any atom is 0.252 e. The number of rotatable bonds is 5. The van der Waals surface area contributed by atoms with Crippen molar-refractivity contribution >= 4 is 39.7 Å². The third kappa shape index (κ3) is 5.42.